The molecule has 80 valence electrons. The van der Waals surface area contributed by atoms with Crippen LogP contribution in [0.1, 0.15) is 47.0 Å². The largest absolute Gasteiger partial charge is 0.330 e. The highest BCUT2D eigenvalue weighted by molar-refractivity contribution is 4.75. The van der Waals surface area contributed by atoms with Crippen LogP contribution in [0.2, 0.25) is 0 Å². The lowest BCUT2D eigenvalue weighted by Gasteiger charge is -2.35. The number of rotatable bonds is 6. The molecule has 2 N–H and O–H groups in total. The van der Waals surface area contributed by atoms with Gasteiger partial charge in [0.15, 0.2) is 0 Å². The van der Waals surface area contributed by atoms with Gasteiger partial charge in [0.05, 0.1) is 0 Å². The van der Waals surface area contributed by atoms with Crippen molar-refractivity contribution < 1.29 is 0 Å². The van der Waals surface area contributed by atoms with Crippen molar-refractivity contribution in [1.82, 2.24) is 4.90 Å². The highest BCUT2D eigenvalue weighted by atomic mass is 15.2. The second-order valence-electron chi connectivity index (χ2n) is 4.65. The molecular weight excluding hydrogens is 160 g/mol. The highest BCUT2D eigenvalue weighted by Crippen LogP contribution is 2.14. The van der Waals surface area contributed by atoms with E-state index < -0.39 is 0 Å². The first-order chi connectivity index (χ1) is 6.02. The Labute approximate surface area is 83.5 Å². The van der Waals surface area contributed by atoms with Gasteiger partial charge >= 0.3 is 0 Å². The van der Waals surface area contributed by atoms with Crippen molar-refractivity contribution in [3.63, 3.8) is 0 Å². The molecule has 0 aliphatic rings. The summed E-state index contributed by atoms with van der Waals surface area (Å²) >= 11 is 0. The van der Waals surface area contributed by atoms with Crippen LogP contribution >= 0.6 is 0 Å². The van der Waals surface area contributed by atoms with Crippen molar-refractivity contribution in [2.24, 2.45) is 5.73 Å². The van der Waals surface area contributed by atoms with E-state index in [4.69, 9.17) is 5.73 Å². The van der Waals surface area contributed by atoms with Gasteiger partial charge in [-0.15, -0.1) is 0 Å². The predicted molar refractivity (Wildman–Crippen MR) is 59.9 cm³/mol. The molecule has 2 heteroatoms. The van der Waals surface area contributed by atoms with Crippen LogP contribution in [-0.2, 0) is 0 Å². The van der Waals surface area contributed by atoms with Gasteiger partial charge in [-0.25, -0.2) is 0 Å². The number of hydrogen-bond donors (Lipinski definition) is 1. The van der Waals surface area contributed by atoms with Crippen molar-refractivity contribution in [3.05, 3.63) is 0 Å². The molecule has 0 fully saturated rings. The Hall–Kier alpha value is -0.0800. The van der Waals surface area contributed by atoms with Gasteiger partial charge in [-0.2, -0.15) is 0 Å². The average molecular weight is 186 g/mol. The molecule has 0 aromatic rings. The quantitative estimate of drug-likeness (QED) is 0.689. The van der Waals surface area contributed by atoms with Crippen LogP contribution in [-0.4, -0.2) is 30.1 Å². The summed E-state index contributed by atoms with van der Waals surface area (Å²) < 4.78 is 0. The summed E-state index contributed by atoms with van der Waals surface area (Å²) in [6.07, 6.45) is 3.68. The summed E-state index contributed by atoms with van der Waals surface area (Å²) in [6, 6.07) is 0. The Kier molecular flexibility index (Phi) is 6.35. The van der Waals surface area contributed by atoms with Gasteiger partial charge in [0, 0.05) is 5.54 Å². The first kappa shape index (κ1) is 12.9. The summed E-state index contributed by atoms with van der Waals surface area (Å²) in [6.45, 7) is 12.2. The molecule has 2 nitrogen and oxygen atoms in total. The lowest BCUT2D eigenvalue weighted by atomic mass is 10.0. The summed E-state index contributed by atoms with van der Waals surface area (Å²) in [5.74, 6) is 0. The molecule has 0 aromatic carbocycles. The van der Waals surface area contributed by atoms with Gasteiger partial charge in [0.25, 0.3) is 0 Å². The van der Waals surface area contributed by atoms with Crippen molar-refractivity contribution in [1.29, 1.82) is 0 Å². The molecule has 0 amide bonds. The van der Waals surface area contributed by atoms with Crippen LogP contribution < -0.4 is 5.73 Å². The van der Waals surface area contributed by atoms with Crippen molar-refractivity contribution >= 4 is 0 Å². The third kappa shape index (κ3) is 6.05. The molecular formula is C11H26N2. The summed E-state index contributed by atoms with van der Waals surface area (Å²) in [5.41, 5.74) is 5.82. The van der Waals surface area contributed by atoms with Gasteiger partial charge in [-0.3, -0.25) is 4.90 Å². The third-order valence-electron chi connectivity index (χ3n) is 2.36. The van der Waals surface area contributed by atoms with Crippen LogP contribution in [0, 0.1) is 0 Å². The van der Waals surface area contributed by atoms with E-state index in [1.54, 1.807) is 0 Å². The van der Waals surface area contributed by atoms with Crippen molar-refractivity contribution in [2.75, 3.05) is 19.6 Å². The maximum absolute atomic E-state index is 5.52. The van der Waals surface area contributed by atoms with E-state index in [-0.39, 0.29) is 0 Å². The fourth-order valence-electron chi connectivity index (χ4n) is 1.41. The molecule has 0 radical (unpaired) electrons. The molecule has 0 saturated carbocycles. The lowest BCUT2D eigenvalue weighted by molar-refractivity contribution is 0.133. The Morgan fingerprint density at radius 2 is 1.62 bits per heavy atom. The predicted octanol–water partition coefficient (Wildman–Crippen LogP) is 2.24. The molecule has 13 heavy (non-hydrogen) atoms. The van der Waals surface area contributed by atoms with E-state index in [2.05, 4.69) is 32.6 Å². The molecule has 0 aromatic heterocycles. The summed E-state index contributed by atoms with van der Waals surface area (Å²) in [4.78, 5) is 2.53. The average Bonchev–Trinajstić information content (AvgIpc) is 2.02. The molecule has 0 unspecified atom stereocenters. The monoisotopic (exact) mass is 186 g/mol. The standard InChI is InChI=1S/C11H26N2/c1-5-6-9-13(10-7-8-12)11(2,3)4/h5-10,12H2,1-4H3. The summed E-state index contributed by atoms with van der Waals surface area (Å²) in [7, 11) is 0. The zero-order valence-electron chi connectivity index (χ0n) is 9.77. The molecule has 0 spiro atoms. The van der Waals surface area contributed by atoms with Crippen LogP contribution in [0.25, 0.3) is 0 Å². The van der Waals surface area contributed by atoms with E-state index in [9.17, 15) is 0 Å². The zero-order valence-corrected chi connectivity index (χ0v) is 9.77. The molecule has 0 aliphatic carbocycles. The van der Waals surface area contributed by atoms with E-state index in [1.807, 2.05) is 0 Å². The second-order valence-corrected chi connectivity index (χ2v) is 4.65. The fraction of sp³-hybridized carbons (Fsp3) is 1.00. The maximum atomic E-state index is 5.52. The van der Waals surface area contributed by atoms with E-state index in [1.165, 1.54) is 19.4 Å². The minimum absolute atomic E-state index is 0.296. The number of nitrogens with zero attached hydrogens (tertiary/aromatic N) is 1. The van der Waals surface area contributed by atoms with Crippen LogP contribution in [0.5, 0.6) is 0 Å². The molecule has 0 aliphatic heterocycles. The minimum atomic E-state index is 0.296. The fourth-order valence-corrected chi connectivity index (χ4v) is 1.41. The van der Waals surface area contributed by atoms with Gasteiger partial charge in [0.2, 0.25) is 0 Å². The Balaban J connectivity index is 3.88. The smallest absolute Gasteiger partial charge is 0.0125 e. The van der Waals surface area contributed by atoms with Crippen LogP contribution in [0.15, 0.2) is 0 Å². The highest BCUT2D eigenvalue weighted by Gasteiger charge is 2.19. The van der Waals surface area contributed by atoms with Gasteiger partial charge in [-0.1, -0.05) is 13.3 Å². The van der Waals surface area contributed by atoms with E-state index in [0.717, 1.165) is 19.5 Å². The Morgan fingerprint density at radius 1 is 1.08 bits per heavy atom. The molecule has 0 heterocycles. The van der Waals surface area contributed by atoms with Gasteiger partial charge < -0.3 is 5.73 Å². The van der Waals surface area contributed by atoms with Gasteiger partial charge in [0.1, 0.15) is 0 Å². The first-order valence-corrected chi connectivity index (χ1v) is 5.47. The molecule has 0 atom stereocenters. The minimum Gasteiger partial charge on any atom is -0.330 e. The van der Waals surface area contributed by atoms with Gasteiger partial charge in [-0.05, 0) is 53.2 Å². The lowest BCUT2D eigenvalue weighted by Crippen LogP contribution is -2.43. The normalized spacial score (nSPS) is 12.5. The summed E-state index contributed by atoms with van der Waals surface area (Å²) in [5, 5.41) is 0. The van der Waals surface area contributed by atoms with Crippen LogP contribution in [0.3, 0.4) is 0 Å². The first-order valence-electron chi connectivity index (χ1n) is 5.47. The number of hydrogen-bond acceptors (Lipinski definition) is 2. The third-order valence-corrected chi connectivity index (χ3v) is 2.36. The number of nitrogens with two attached hydrogens (primary N) is 1. The van der Waals surface area contributed by atoms with E-state index in [0.29, 0.717) is 5.54 Å². The van der Waals surface area contributed by atoms with E-state index >= 15 is 0 Å². The Morgan fingerprint density at radius 3 is 2.00 bits per heavy atom. The molecule has 0 rings (SSSR count). The maximum Gasteiger partial charge on any atom is 0.0125 e. The van der Waals surface area contributed by atoms with Crippen molar-refractivity contribution in [2.45, 2.75) is 52.5 Å². The number of unbranched alkanes of at least 4 members (excludes halogenated alkanes) is 1. The molecule has 0 bridgehead atoms. The van der Waals surface area contributed by atoms with Crippen LogP contribution in [0.4, 0.5) is 0 Å². The molecule has 0 saturated heterocycles. The van der Waals surface area contributed by atoms with Crippen molar-refractivity contribution in [3.8, 4) is 0 Å². The SMILES string of the molecule is CCCCN(CCCN)C(C)(C)C. The second kappa shape index (κ2) is 6.39. The Bertz CT molecular complexity index is 108. The zero-order chi connectivity index (χ0) is 10.3. The topological polar surface area (TPSA) is 29.3 Å².